The summed E-state index contributed by atoms with van der Waals surface area (Å²) in [4.78, 5) is 15.5. The smallest absolute Gasteiger partial charge is 0.243 e. The summed E-state index contributed by atoms with van der Waals surface area (Å²) in [6.45, 7) is 6.02. The van der Waals surface area contributed by atoms with Crippen molar-refractivity contribution in [2.75, 3.05) is 39.3 Å². The number of carbonyl (C=O) groups excluding carboxylic acids is 1. The molecule has 1 aromatic carbocycles. The molecule has 2 saturated heterocycles. The van der Waals surface area contributed by atoms with Crippen LogP contribution in [0, 0.1) is 5.92 Å². The quantitative estimate of drug-likeness (QED) is 0.559. The van der Waals surface area contributed by atoms with E-state index in [1.165, 1.54) is 25.3 Å². The van der Waals surface area contributed by atoms with Crippen molar-refractivity contribution in [3.05, 3.63) is 54.0 Å². The molecule has 2 aromatic rings. The minimum absolute atomic E-state index is 0.0845. The topological polar surface area (TPSA) is 82.9 Å². The van der Waals surface area contributed by atoms with Crippen LogP contribution in [0.15, 0.2) is 52.0 Å². The van der Waals surface area contributed by atoms with Crippen LogP contribution >= 0.6 is 0 Å². The van der Waals surface area contributed by atoms with Gasteiger partial charge in [0.2, 0.25) is 10.0 Å². The Kier molecular flexibility index (Phi) is 8.01. The molecule has 7 nitrogen and oxygen atoms in total. The van der Waals surface area contributed by atoms with Crippen LogP contribution in [0.5, 0.6) is 0 Å². The summed E-state index contributed by atoms with van der Waals surface area (Å²) in [5.74, 6) is 1.34. The Morgan fingerprint density at radius 3 is 2.55 bits per heavy atom. The van der Waals surface area contributed by atoms with Gasteiger partial charge >= 0.3 is 0 Å². The number of piperidine rings is 2. The molecule has 0 amide bonds. The molecule has 0 bridgehead atoms. The number of nitrogens with zero attached hydrogens (tertiary/aromatic N) is 2. The van der Waals surface area contributed by atoms with Crippen LogP contribution < -0.4 is 5.32 Å². The number of benzene rings is 1. The van der Waals surface area contributed by atoms with Gasteiger partial charge < -0.3 is 9.73 Å². The third-order valence-corrected chi connectivity index (χ3v) is 8.76. The molecule has 2 aliphatic heterocycles. The lowest BCUT2D eigenvalue weighted by Gasteiger charge is -2.33. The van der Waals surface area contributed by atoms with Crippen molar-refractivity contribution in [3.8, 4) is 0 Å². The Morgan fingerprint density at radius 2 is 1.85 bits per heavy atom. The summed E-state index contributed by atoms with van der Waals surface area (Å²) in [6.07, 6.45) is 7.03. The molecule has 180 valence electrons. The van der Waals surface area contributed by atoms with Crippen molar-refractivity contribution in [3.63, 3.8) is 0 Å². The van der Waals surface area contributed by atoms with E-state index in [0.29, 0.717) is 31.1 Å². The second-order valence-electron chi connectivity index (χ2n) is 9.30. The lowest BCUT2D eigenvalue weighted by Crippen LogP contribution is -2.40. The van der Waals surface area contributed by atoms with E-state index in [1.807, 2.05) is 12.1 Å². The summed E-state index contributed by atoms with van der Waals surface area (Å²) < 4.78 is 33.3. The molecule has 1 unspecified atom stereocenters. The number of sulfonamides is 1. The third-order valence-electron chi connectivity index (χ3n) is 6.86. The van der Waals surface area contributed by atoms with Gasteiger partial charge in [-0.15, -0.1) is 0 Å². The van der Waals surface area contributed by atoms with Crippen molar-refractivity contribution in [2.45, 2.75) is 50.0 Å². The average Bonchev–Trinajstić information content (AvgIpc) is 3.37. The van der Waals surface area contributed by atoms with Gasteiger partial charge in [0.05, 0.1) is 23.7 Å². The molecule has 33 heavy (non-hydrogen) atoms. The number of carbonyl (C=O) groups is 1. The zero-order chi connectivity index (χ0) is 23.3. The standard InChI is InChI=1S/C25H35N3O4S/c1-20-10-14-28(15-11-20)33(30,31)22-8-5-7-21(17-22)24(29)19-26-18-23(25-9-6-16-32-25)27-12-3-2-4-13-27/h5-9,16-17,20,23,26H,2-4,10-15,18-19H2,1H3. The monoisotopic (exact) mass is 473 g/mol. The van der Waals surface area contributed by atoms with Crippen LogP contribution in [0.25, 0.3) is 0 Å². The number of hydrogen-bond donors (Lipinski definition) is 1. The van der Waals surface area contributed by atoms with Crippen LogP contribution in [0.3, 0.4) is 0 Å². The third kappa shape index (κ3) is 5.93. The number of Topliss-reactive ketones (excluding diaryl/α,β-unsaturated/α-hetero) is 1. The van der Waals surface area contributed by atoms with E-state index in [9.17, 15) is 13.2 Å². The van der Waals surface area contributed by atoms with Crippen molar-refractivity contribution in [1.82, 2.24) is 14.5 Å². The lowest BCUT2D eigenvalue weighted by atomic mass is 10.0. The van der Waals surface area contributed by atoms with E-state index in [4.69, 9.17) is 4.42 Å². The average molecular weight is 474 g/mol. The molecule has 0 radical (unpaired) electrons. The SMILES string of the molecule is CC1CCN(S(=O)(=O)c2cccc(C(=O)CNCC(c3ccco3)N3CCCCC3)c2)CC1. The van der Waals surface area contributed by atoms with Crippen molar-refractivity contribution >= 4 is 15.8 Å². The van der Waals surface area contributed by atoms with Crippen LogP contribution in [0.2, 0.25) is 0 Å². The van der Waals surface area contributed by atoms with E-state index in [2.05, 4.69) is 17.1 Å². The minimum atomic E-state index is -3.58. The minimum Gasteiger partial charge on any atom is -0.468 e. The van der Waals surface area contributed by atoms with Gasteiger partial charge in [0.15, 0.2) is 5.78 Å². The number of rotatable bonds is 9. The van der Waals surface area contributed by atoms with Crippen LogP contribution in [0.1, 0.15) is 61.2 Å². The number of likely N-dealkylation sites (tertiary alicyclic amines) is 1. The zero-order valence-corrected chi connectivity index (χ0v) is 20.2. The Morgan fingerprint density at radius 1 is 1.09 bits per heavy atom. The number of furan rings is 1. The second kappa shape index (κ2) is 11.0. The second-order valence-corrected chi connectivity index (χ2v) is 11.2. The summed E-state index contributed by atoms with van der Waals surface area (Å²) >= 11 is 0. The number of nitrogens with one attached hydrogen (secondary N) is 1. The van der Waals surface area contributed by atoms with Crippen molar-refractivity contribution in [2.24, 2.45) is 5.92 Å². The van der Waals surface area contributed by atoms with Gasteiger partial charge in [0.1, 0.15) is 5.76 Å². The molecule has 1 N–H and O–H groups in total. The fourth-order valence-corrected chi connectivity index (χ4v) is 6.27. The maximum atomic E-state index is 13.1. The largest absolute Gasteiger partial charge is 0.468 e. The van der Waals surface area contributed by atoms with Gasteiger partial charge in [-0.1, -0.05) is 25.5 Å². The predicted molar refractivity (Wildman–Crippen MR) is 128 cm³/mol. The maximum absolute atomic E-state index is 13.1. The summed E-state index contributed by atoms with van der Waals surface area (Å²) in [5.41, 5.74) is 0.418. The molecule has 3 heterocycles. The molecule has 8 heteroatoms. The molecule has 2 aliphatic rings. The molecule has 4 rings (SSSR count). The first-order valence-electron chi connectivity index (χ1n) is 12.1. The summed E-state index contributed by atoms with van der Waals surface area (Å²) in [5, 5.41) is 3.28. The fraction of sp³-hybridized carbons (Fsp3) is 0.560. The Hall–Kier alpha value is -2.00. The first-order valence-corrected chi connectivity index (χ1v) is 13.5. The predicted octanol–water partition coefficient (Wildman–Crippen LogP) is 3.70. The maximum Gasteiger partial charge on any atom is 0.243 e. The van der Waals surface area contributed by atoms with Gasteiger partial charge in [-0.25, -0.2) is 8.42 Å². The zero-order valence-electron chi connectivity index (χ0n) is 19.4. The molecule has 0 spiro atoms. The van der Waals surface area contributed by atoms with E-state index >= 15 is 0 Å². The molecule has 1 atom stereocenters. The van der Waals surface area contributed by atoms with Gasteiger partial charge in [-0.2, -0.15) is 4.31 Å². The van der Waals surface area contributed by atoms with Gasteiger partial charge in [-0.05, 0) is 69.0 Å². The first-order chi connectivity index (χ1) is 15.9. The lowest BCUT2D eigenvalue weighted by molar-refractivity contribution is 0.0979. The summed E-state index contributed by atoms with van der Waals surface area (Å²) in [6, 6.07) is 10.4. The Balaban J connectivity index is 1.38. The molecule has 1 aromatic heterocycles. The Labute approximate surface area is 197 Å². The molecule has 2 fully saturated rings. The van der Waals surface area contributed by atoms with Crippen molar-refractivity contribution in [1.29, 1.82) is 0 Å². The number of hydrogen-bond acceptors (Lipinski definition) is 6. The van der Waals surface area contributed by atoms with Crippen LogP contribution in [-0.2, 0) is 10.0 Å². The summed E-state index contributed by atoms with van der Waals surface area (Å²) in [7, 11) is -3.58. The fourth-order valence-electron chi connectivity index (χ4n) is 4.75. The van der Waals surface area contributed by atoms with E-state index in [-0.39, 0.29) is 23.3 Å². The molecule has 0 aliphatic carbocycles. The van der Waals surface area contributed by atoms with Gasteiger partial charge in [0.25, 0.3) is 0 Å². The van der Waals surface area contributed by atoms with E-state index in [0.717, 1.165) is 31.7 Å². The van der Waals surface area contributed by atoms with Gasteiger partial charge in [-0.3, -0.25) is 9.69 Å². The normalized spacial score (nSPS) is 20.0. The first kappa shape index (κ1) is 24.1. The highest BCUT2D eigenvalue weighted by Gasteiger charge is 2.29. The number of ketones is 1. The van der Waals surface area contributed by atoms with Crippen LogP contribution in [-0.4, -0.2) is 62.7 Å². The van der Waals surface area contributed by atoms with E-state index in [1.54, 1.807) is 28.8 Å². The molecular formula is C25H35N3O4S. The highest BCUT2D eigenvalue weighted by atomic mass is 32.2. The van der Waals surface area contributed by atoms with Crippen molar-refractivity contribution < 1.29 is 17.6 Å². The van der Waals surface area contributed by atoms with E-state index < -0.39 is 10.0 Å². The van der Waals surface area contributed by atoms with Gasteiger partial charge in [0, 0.05) is 25.2 Å². The molecular weight excluding hydrogens is 438 g/mol. The van der Waals surface area contributed by atoms with Crippen LogP contribution in [0.4, 0.5) is 0 Å². The Bertz CT molecular complexity index is 1010. The highest BCUT2D eigenvalue weighted by Crippen LogP contribution is 2.25. The highest BCUT2D eigenvalue weighted by molar-refractivity contribution is 7.89. The molecule has 0 saturated carbocycles.